The van der Waals surface area contributed by atoms with E-state index in [1.165, 1.54) is 5.56 Å². The van der Waals surface area contributed by atoms with Crippen molar-refractivity contribution in [1.29, 1.82) is 0 Å². The lowest BCUT2D eigenvalue weighted by Gasteiger charge is -2.19. The molecule has 0 spiro atoms. The van der Waals surface area contributed by atoms with E-state index in [4.69, 9.17) is 14.2 Å². The van der Waals surface area contributed by atoms with Crippen molar-refractivity contribution in [1.82, 2.24) is 10.6 Å². The Labute approximate surface area is 144 Å². The van der Waals surface area contributed by atoms with Crippen LogP contribution in [0.15, 0.2) is 23.2 Å². The zero-order chi connectivity index (χ0) is 17.6. The Morgan fingerprint density at radius 1 is 1.42 bits per heavy atom. The molecule has 1 unspecified atom stereocenters. The van der Waals surface area contributed by atoms with Crippen LogP contribution >= 0.6 is 0 Å². The average molecular weight is 335 g/mol. The molecule has 0 saturated heterocycles. The first kappa shape index (κ1) is 18.4. The van der Waals surface area contributed by atoms with E-state index in [0.717, 1.165) is 23.9 Å². The molecule has 0 saturated carbocycles. The molecule has 6 heteroatoms. The highest BCUT2D eigenvalue weighted by molar-refractivity contribution is 5.79. The van der Waals surface area contributed by atoms with Gasteiger partial charge in [-0.1, -0.05) is 12.1 Å². The van der Waals surface area contributed by atoms with Crippen molar-refractivity contribution in [3.05, 3.63) is 23.8 Å². The molecule has 1 heterocycles. The molecule has 6 nitrogen and oxygen atoms in total. The summed E-state index contributed by atoms with van der Waals surface area (Å²) in [6, 6.07) is 6.25. The number of guanidine groups is 1. The molecule has 0 fully saturated rings. The third-order valence-corrected chi connectivity index (χ3v) is 3.73. The number of ether oxygens (including phenoxy) is 3. The number of nitrogens with one attached hydrogen (secondary N) is 2. The van der Waals surface area contributed by atoms with Crippen molar-refractivity contribution >= 4 is 5.96 Å². The zero-order valence-corrected chi connectivity index (χ0v) is 15.3. The molecule has 134 valence electrons. The van der Waals surface area contributed by atoms with Gasteiger partial charge < -0.3 is 24.8 Å². The topological polar surface area (TPSA) is 64.1 Å². The van der Waals surface area contributed by atoms with Crippen LogP contribution in [0.2, 0.25) is 0 Å². The van der Waals surface area contributed by atoms with Crippen LogP contribution < -0.4 is 20.1 Å². The predicted molar refractivity (Wildman–Crippen MR) is 96.2 cm³/mol. The van der Waals surface area contributed by atoms with Crippen molar-refractivity contribution in [3.63, 3.8) is 0 Å². The molecule has 1 atom stereocenters. The summed E-state index contributed by atoms with van der Waals surface area (Å²) in [7, 11) is 3.43. The van der Waals surface area contributed by atoms with Gasteiger partial charge in [-0.3, -0.25) is 4.99 Å². The number of benzene rings is 1. The number of hydrogen-bond acceptors (Lipinski definition) is 4. The van der Waals surface area contributed by atoms with E-state index >= 15 is 0 Å². The normalized spacial score (nSPS) is 17.0. The summed E-state index contributed by atoms with van der Waals surface area (Å²) in [5.41, 5.74) is 1.04. The van der Waals surface area contributed by atoms with Crippen LogP contribution in [-0.4, -0.2) is 51.5 Å². The van der Waals surface area contributed by atoms with Crippen LogP contribution in [-0.2, 0) is 11.2 Å². The molecule has 1 aromatic carbocycles. The number of methoxy groups -OCH3 is 1. The quantitative estimate of drug-likeness (QED) is 0.453. The van der Waals surface area contributed by atoms with E-state index in [1.807, 2.05) is 19.1 Å². The standard InChI is InChI=1S/C18H29N3O3/c1-13(12-22-5)21-17(19-4)20-9-10-23-15-8-6-7-14-11-18(2,3)24-16(14)15/h6-8,13H,9-12H2,1-5H3,(H2,19,20,21). The number of fused-ring (bicyclic) bond motifs is 1. The molecule has 0 radical (unpaired) electrons. The van der Waals surface area contributed by atoms with Crippen LogP contribution in [0, 0.1) is 0 Å². The highest BCUT2D eigenvalue weighted by Crippen LogP contribution is 2.41. The molecule has 0 bridgehead atoms. The number of hydrogen-bond donors (Lipinski definition) is 2. The monoisotopic (exact) mass is 335 g/mol. The maximum absolute atomic E-state index is 6.01. The van der Waals surface area contributed by atoms with Crippen molar-refractivity contribution in [2.45, 2.75) is 38.8 Å². The third kappa shape index (κ3) is 5.03. The van der Waals surface area contributed by atoms with Gasteiger partial charge in [0.15, 0.2) is 17.5 Å². The van der Waals surface area contributed by atoms with Gasteiger partial charge in [0.2, 0.25) is 0 Å². The molecule has 2 rings (SSSR count). The first-order valence-electron chi connectivity index (χ1n) is 8.35. The molecule has 1 aliphatic rings. The van der Waals surface area contributed by atoms with E-state index in [2.05, 4.69) is 35.5 Å². The number of para-hydroxylation sites is 1. The Bertz CT molecular complexity index is 573. The average Bonchev–Trinajstić information content (AvgIpc) is 2.85. The highest BCUT2D eigenvalue weighted by Gasteiger charge is 2.32. The first-order valence-corrected chi connectivity index (χ1v) is 8.35. The second kappa shape index (κ2) is 8.24. The van der Waals surface area contributed by atoms with Gasteiger partial charge >= 0.3 is 0 Å². The van der Waals surface area contributed by atoms with Crippen molar-refractivity contribution < 1.29 is 14.2 Å². The smallest absolute Gasteiger partial charge is 0.191 e. The maximum atomic E-state index is 6.01. The zero-order valence-electron chi connectivity index (χ0n) is 15.3. The highest BCUT2D eigenvalue weighted by atomic mass is 16.5. The van der Waals surface area contributed by atoms with Gasteiger partial charge in [-0.25, -0.2) is 0 Å². The second-order valence-corrected chi connectivity index (χ2v) is 6.63. The van der Waals surface area contributed by atoms with Crippen LogP contribution in [0.25, 0.3) is 0 Å². The Kier molecular flexibility index (Phi) is 6.31. The summed E-state index contributed by atoms with van der Waals surface area (Å²) >= 11 is 0. The lowest BCUT2D eigenvalue weighted by atomic mass is 10.0. The van der Waals surface area contributed by atoms with Gasteiger partial charge in [-0.05, 0) is 26.8 Å². The molecular formula is C18H29N3O3. The summed E-state index contributed by atoms with van der Waals surface area (Å²) < 4.78 is 17.0. The number of nitrogens with zero attached hydrogens (tertiary/aromatic N) is 1. The van der Waals surface area contributed by atoms with Crippen LogP contribution in [0.5, 0.6) is 11.5 Å². The van der Waals surface area contributed by atoms with Gasteiger partial charge in [0.05, 0.1) is 13.2 Å². The van der Waals surface area contributed by atoms with Crippen molar-refractivity contribution in [2.75, 3.05) is 33.9 Å². The van der Waals surface area contributed by atoms with Gasteiger partial charge in [0.1, 0.15) is 12.2 Å². The Hall–Kier alpha value is -1.95. The van der Waals surface area contributed by atoms with Gasteiger partial charge in [-0.2, -0.15) is 0 Å². The van der Waals surface area contributed by atoms with Crippen LogP contribution in [0.3, 0.4) is 0 Å². The maximum Gasteiger partial charge on any atom is 0.191 e. The first-order chi connectivity index (χ1) is 11.4. The molecule has 2 N–H and O–H groups in total. The van der Waals surface area contributed by atoms with E-state index < -0.39 is 0 Å². The Balaban J connectivity index is 1.80. The minimum absolute atomic E-state index is 0.163. The lowest BCUT2D eigenvalue weighted by Crippen LogP contribution is -2.45. The van der Waals surface area contributed by atoms with E-state index in [1.54, 1.807) is 14.2 Å². The fourth-order valence-electron chi connectivity index (χ4n) is 2.75. The van der Waals surface area contributed by atoms with E-state index in [0.29, 0.717) is 19.8 Å². The number of rotatable bonds is 7. The summed E-state index contributed by atoms with van der Waals surface area (Å²) in [5.74, 6) is 2.41. The van der Waals surface area contributed by atoms with Crippen molar-refractivity contribution in [3.8, 4) is 11.5 Å². The van der Waals surface area contributed by atoms with Crippen LogP contribution in [0.1, 0.15) is 26.3 Å². The Morgan fingerprint density at radius 2 is 2.21 bits per heavy atom. The fourth-order valence-corrected chi connectivity index (χ4v) is 2.75. The third-order valence-electron chi connectivity index (χ3n) is 3.73. The largest absolute Gasteiger partial charge is 0.488 e. The number of aliphatic imine (C=N–C) groups is 1. The SMILES string of the molecule is CN=C(NCCOc1cccc2c1OC(C)(C)C2)NC(C)COC. The van der Waals surface area contributed by atoms with E-state index in [-0.39, 0.29) is 11.6 Å². The van der Waals surface area contributed by atoms with Crippen LogP contribution in [0.4, 0.5) is 0 Å². The van der Waals surface area contributed by atoms with Gasteiger partial charge in [0, 0.05) is 32.2 Å². The molecule has 1 aromatic rings. The van der Waals surface area contributed by atoms with Gasteiger partial charge in [-0.15, -0.1) is 0 Å². The molecule has 24 heavy (non-hydrogen) atoms. The van der Waals surface area contributed by atoms with Crippen molar-refractivity contribution in [2.24, 2.45) is 4.99 Å². The molecular weight excluding hydrogens is 306 g/mol. The summed E-state index contributed by atoms with van der Waals surface area (Å²) in [5, 5.41) is 6.48. The second-order valence-electron chi connectivity index (χ2n) is 6.63. The molecule has 0 amide bonds. The summed E-state index contributed by atoms with van der Waals surface area (Å²) in [6.07, 6.45) is 0.908. The lowest BCUT2D eigenvalue weighted by molar-refractivity contribution is 0.132. The fraction of sp³-hybridized carbons (Fsp3) is 0.611. The molecule has 0 aromatic heterocycles. The minimum atomic E-state index is -0.163. The molecule has 0 aliphatic carbocycles. The summed E-state index contributed by atoms with van der Waals surface area (Å²) in [6.45, 7) is 8.02. The Morgan fingerprint density at radius 3 is 2.92 bits per heavy atom. The van der Waals surface area contributed by atoms with E-state index in [9.17, 15) is 0 Å². The molecule has 1 aliphatic heterocycles. The minimum Gasteiger partial charge on any atom is -0.488 e. The predicted octanol–water partition coefficient (Wildman–Crippen LogP) is 1.98. The summed E-state index contributed by atoms with van der Waals surface area (Å²) in [4.78, 5) is 4.19. The van der Waals surface area contributed by atoms with Gasteiger partial charge in [0.25, 0.3) is 0 Å².